The van der Waals surface area contributed by atoms with Crippen molar-refractivity contribution in [2.75, 3.05) is 19.8 Å². The molecule has 0 bridgehead atoms. The largest absolute Gasteiger partial charge is 0.486 e. The smallest absolute Gasteiger partial charge is 0.340 e. The molecule has 3 rings (SSSR count). The van der Waals surface area contributed by atoms with E-state index < -0.39 is 10.9 Å². The van der Waals surface area contributed by atoms with E-state index in [0.717, 1.165) is 17.8 Å². The Morgan fingerprint density at radius 1 is 1.27 bits per heavy atom. The maximum absolute atomic E-state index is 12.1. The molecule has 1 aliphatic heterocycles. The van der Waals surface area contributed by atoms with Crippen LogP contribution in [-0.4, -0.2) is 35.7 Å². The molecular formula is C18H16N2O6. The Hall–Kier alpha value is -3.42. The summed E-state index contributed by atoms with van der Waals surface area (Å²) in [6.07, 6.45) is 4.43. The van der Waals surface area contributed by atoms with Crippen molar-refractivity contribution < 1.29 is 23.9 Å². The second kappa shape index (κ2) is 7.64. The highest BCUT2D eigenvalue weighted by molar-refractivity contribution is 5.94. The van der Waals surface area contributed by atoms with Gasteiger partial charge in [-0.05, 0) is 30.7 Å². The Morgan fingerprint density at radius 2 is 2.04 bits per heavy atom. The van der Waals surface area contributed by atoms with Gasteiger partial charge in [-0.2, -0.15) is 0 Å². The minimum absolute atomic E-state index is 0.0369. The molecule has 0 saturated heterocycles. The fourth-order valence-electron chi connectivity index (χ4n) is 2.41. The Balaban J connectivity index is 1.91. The third kappa shape index (κ3) is 3.80. The zero-order valence-corrected chi connectivity index (χ0v) is 14.0. The molecule has 0 saturated carbocycles. The van der Waals surface area contributed by atoms with Gasteiger partial charge in [0, 0.05) is 6.07 Å². The summed E-state index contributed by atoms with van der Waals surface area (Å²) in [6.45, 7) is 2.81. The van der Waals surface area contributed by atoms with Crippen molar-refractivity contribution in [3.05, 3.63) is 57.4 Å². The summed E-state index contributed by atoms with van der Waals surface area (Å²) in [6, 6.07) is 6.60. The molecule has 0 spiro atoms. The standard InChI is InChI=1S/C18H16N2O6/c1-2-24-18(21)14-10-13(20(22)23)11-19-15(14)5-3-12-4-6-16-17(9-12)26-8-7-25-16/h3-6,9-11H,2,7-8H2,1H3/b5-3+. The van der Waals surface area contributed by atoms with Gasteiger partial charge in [0.15, 0.2) is 11.5 Å². The van der Waals surface area contributed by atoms with Gasteiger partial charge in [0.05, 0.1) is 22.8 Å². The molecule has 26 heavy (non-hydrogen) atoms. The van der Waals surface area contributed by atoms with E-state index in [1.807, 2.05) is 6.07 Å². The van der Waals surface area contributed by atoms with Crippen molar-refractivity contribution >= 4 is 23.8 Å². The summed E-state index contributed by atoms with van der Waals surface area (Å²) < 4.78 is 16.0. The number of aromatic nitrogens is 1. The van der Waals surface area contributed by atoms with Gasteiger partial charge in [0.1, 0.15) is 19.4 Å². The third-order valence-corrected chi connectivity index (χ3v) is 3.61. The van der Waals surface area contributed by atoms with Crippen molar-refractivity contribution in [2.24, 2.45) is 0 Å². The lowest BCUT2D eigenvalue weighted by Crippen LogP contribution is -2.15. The zero-order valence-electron chi connectivity index (χ0n) is 14.0. The van der Waals surface area contributed by atoms with Gasteiger partial charge >= 0.3 is 5.97 Å². The van der Waals surface area contributed by atoms with Gasteiger partial charge in [-0.1, -0.05) is 12.1 Å². The summed E-state index contributed by atoms with van der Waals surface area (Å²) in [5.74, 6) is 0.653. The van der Waals surface area contributed by atoms with Gasteiger partial charge in [-0.3, -0.25) is 10.1 Å². The second-order valence-electron chi connectivity index (χ2n) is 5.34. The molecule has 8 heteroatoms. The molecule has 0 fully saturated rings. The van der Waals surface area contributed by atoms with Crippen LogP contribution < -0.4 is 9.47 Å². The molecule has 2 heterocycles. The van der Waals surface area contributed by atoms with E-state index >= 15 is 0 Å². The molecule has 8 nitrogen and oxygen atoms in total. The lowest BCUT2D eigenvalue weighted by molar-refractivity contribution is -0.385. The van der Waals surface area contributed by atoms with Crippen LogP contribution in [0.3, 0.4) is 0 Å². The highest BCUT2D eigenvalue weighted by atomic mass is 16.6. The molecule has 1 aliphatic rings. The monoisotopic (exact) mass is 356 g/mol. The number of hydrogen-bond acceptors (Lipinski definition) is 7. The lowest BCUT2D eigenvalue weighted by Gasteiger charge is -2.18. The average Bonchev–Trinajstić information content (AvgIpc) is 2.66. The summed E-state index contributed by atoms with van der Waals surface area (Å²) in [5.41, 5.74) is 0.854. The highest BCUT2D eigenvalue weighted by Gasteiger charge is 2.18. The molecule has 0 amide bonds. The molecule has 0 radical (unpaired) electrons. The van der Waals surface area contributed by atoms with Gasteiger partial charge in [0.2, 0.25) is 0 Å². The van der Waals surface area contributed by atoms with Crippen LogP contribution >= 0.6 is 0 Å². The van der Waals surface area contributed by atoms with Crippen molar-refractivity contribution in [1.82, 2.24) is 4.98 Å². The van der Waals surface area contributed by atoms with Gasteiger partial charge in [0.25, 0.3) is 5.69 Å². The van der Waals surface area contributed by atoms with Crippen LogP contribution in [0.2, 0.25) is 0 Å². The van der Waals surface area contributed by atoms with E-state index in [9.17, 15) is 14.9 Å². The Bertz CT molecular complexity index is 878. The molecule has 0 unspecified atom stereocenters. The number of esters is 1. The predicted molar refractivity (Wildman–Crippen MR) is 93.2 cm³/mol. The maximum atomic E-state index is 12.1. The highest BCUT2D eigenvalue weighted by Crippen LogP contribution is 2.31. The van der Waals surface area contributed by atoms with Crippen LogP contribution in [0.1, 0.15) is 28.5 Å². The summed E-state index contributed by atoms with van der Waals surface area (Å²) >= 11 is 0. The van der Waals surface area contributed by atoms with Crippen LogP contribution in [-0.2, 0) is 4.74 Å². The van der Waals surface area contributed by atoms with Crippen LogP contribution in [0.25, 0.3) is 12.2 Å². The maximum Gasteiger partial charge on any atom is 0.340 e. The van der Waals surface area contributed by atoms with Crippen LogP contribution in [0.4, 0.5) is 5.69 Å². The quantitative estimate of drug-likeness (QED) is 0.461. The molecule has 0 atom stereocenters. The number of nitrogens with zero attached hydrogens (tertiary/aromatic N) is 2. The average molecular weight is 356 g/mol. The Morgan fingerprint density at radius 3 is 2.77 bits per heavy atom. The first kappa shape index (κ1) is 17.4. The first-order valence-corrected chi connectivity index (χ1v) is 7.97. The molecule has 134 valence electrons. The number of rotatable bonds is 5. The predicted octanol–water partition coefficient (Wildman–Crippen LogP) is 3.11. The summed E-state index contributed by atoms with van der Waals surface area (Å²) in [5, 5.41) is 10.9. The fraction of sp³-hybridized carbons (Fsp3) is 0.222. The van der Waals surface area contributed by atoms with Crippen LogP contribution in [0.5, 0.6) is 11.5 Å². The topological polar surface area (TPSA) is 101 Å². The molecule has 0 aliphatic carbocycles. The molecular weight excluding hydrogens is 340 g/mol. The SMILES string of the molecule is CCOC(=O)c1cc([N+](=O)[O-])cnc1/C=C/c1ccc2c(c1)OCCO2. The van der Waals surface area contributed by atoms with E-state index in [4.69, 9.17) is 14.2 Å². The van der Waals surface area contributed by atoms with Gasteiger partial charge < -0.3 is 14.2 Å². The first-order chi connectivity index (χ1) is 12.6. The number of carbonyl (C=O) groups is 1. The number of pyridine rings is 1. The van der Waals surface area contributed by atoms with Crippen molar-refractivity contribution in [2.45, 2.75) is 6.92 Å². The third-order valence-electron chi connectivity index (χ3n) is 3.61. The number of nitro groups is 1. The first-order valence-electron chi connectivity index (χ1n) is 7.97. The van der Waals surface area contributed by atoms with E-state index in [2.05, 4.69) is 4.98 Å². The van der Waals surface area contributed by atoms with Crippen molar-refractivity contribution in [1.29, 1.82) is 0 Å². The lowest BCUT2D eigenvalue weighted by atomic mass is 10.1. The number of fused-ring (bicyclic) bond motifs is 1. The number of carbonyl (C=O) groups excluding carboxylic acids is 1. The minimum Gasteiger partial charge on any atom is -0.486 e. The van der Waals surface area contributed by atoms with E-state index in [-0.39, 0.29) is 23.6 Å². The van der Waals surface area contributed by atoms with Crippen molar-refractivity contribution in [3.8, 4) is 11.5 Å². The van der Waals surface area contributed by atoms with Crippen LogP contribution in [0, 0.1) is 10.1 Å². The molecule has 1 aromatic carbocycles. The second-order valence-corrected chi connectivity index (χ2v) is 5.34. The number of hydrogen-bond donors (Lipinski definition) is 0. The molecule has 1 aromatic heterocycles. The van der Waals surface area contributed by atoms with E-state index in [1.165, 1.54) is 0 Å². The fourth-order valence-corrected chi connectivity index (χ4v) is 2.41. The summed E-state index contributed by atoms with van der Waals surface area (Å²) in [7, 11) is 0. The molecule has 2 aromatic rings. The Kier molecular flexibility index (Phi) is 5.12. The normalized spacial score (nSPS) is 12.8. The summed E-state index contributed by atoms with van der Waals surface area (Å²) in [4.78, 5) is 26.4. The van der Waals surface area contributed by atoms with E-state index in [1.54, 1.807) is 31.2 Å². The van der Waals surface area contributed by atoms with Crippen molar-refractivity contribution in [3.63, 3.8) is 0 Å². The number of ether oxygens (including phenoxy) is 3. The zero-order chi connectivity index (χ0) is 18.5. The number of benzene rings is 1. The van der Waals surface area contributed by atoms with Gasteiger partial charge in [-0.25, -0.2) is 9.78 Å². The van der Waals surface area contributed by atoms with Gasteiger partial charge in [-0.15, -0.1) is 0 Å². The molecule has 0 N–H and O–H groups in total. The van der Waals surface area contributed by atoms with E-state index in [0.29, 0.717) is 24.7 Å². The minimum atomic E-state index is -0.662. The Labute approximate surface area is 149 Å². The van der Waals surface area contributed by atoms with Crippen LogP contribution in [0.15, 0.2) is 30.5 Å².